The van der Waals surface area contributed by atoms with Gasteiger partial charge in [-0.2, -0.15) is 0 Å². The highest BCUT2D eigenvalue weighted by Gasteiger charge is 2.15. The summed E-state index contributed by atoms with van der Waals surface area (Å²) in [6.45, 7) is 0.786. The highest BCUT2D eigenvalue weighted by atomic mass is 16.1. The summed E-state index contributed by atoms with van der Waals surface area (Å²) in [5.74, 6) is 0.586. The fourth-order valence-corrected chi connectivity index (χ4v) is 2.39. The van der Waals surface area contributed by atoms with Crippen LogP contribution in [-0.4, -0.2) is 24.5 Å². The van der Waals surface area contributed by atoms with E-state index in [4.69, 9.17) is 0 Å². The van der Waals surface area contributed by atoms with Crippen molar-refractivity contribution in [3.63, 3.8) is 0 Å². The molecule has 2 rings (SSSR count). The van der Waals surface area contributed by atoms with E-state index in [1.165, 1.54) is 32.1 Å². The molecular formula is C14H21N3O. The third-order valence-corrected chi connectivity index (χ3v) is 3.56. The predicted molar refractivity (Wildman–Crippen MR) is 72.7 cm³/mol. The molecule has 2 N–H and O–H groups in total. The van der Waals surface area contributed by atoms with Crippen molar-refractivity contribution in [2.75, 3.05) is 18.9 Å². The van der Waals surface area contributed by atoms with Gasteiger partial charge in [0.15, 0.2) is 0 Å². The molecule has 0 unspecified atom stereocenters. The zero-order chi connectivity index (χ0) is 12.8. The maximum atomic E-state index is 11.9. The Labute approximate surface area is 108 Å². The molecule has 1 aromatic rings. The minimum atomic E-state index is -0.0665. The molecule has 0 saturated heterocycles. The molecule has 18 heavy (non-hydrogen) atoms. The summed E-state index contributed by atoms with van der Waals surface area (Å²) in [5, 5.41) is 5.97. The Morgan fingerprint density at radius 3 is 2.72 bits per heavy atom. The Morgan fingerprint density at radius 2 is 2.11 bits per heavy atom. The summed E-state index contributed by atoms with van der Waals surface area (Å²) in [4.78, 5) is 16.0. The van der Waals surface area contributed by atoms with Crippen molar-refractivity contribution >= 4 is 11.6 Å². The standard InChI is InChI=1S/C14H21N3O/c1-15-12-7-8-13(16-10-12)14(18)17-9-11-5-3-2-4-6-11/h7-8,10-11,15H,2-6,9H2,1H3,(H,17,18). The van der Waals surface area contributed by atoms with Crippen molar-refractivity contribution in [3.8, 4) is 0 Å². The van der Waals surface area contributed by atoms with Gasteiger partial charge in [0.1, 0.15) is 5.69 Å². The van der Waals surface area contributed by atoms with Crippen LogP contribution in [0.4, 0.5) is 5.69 Å². The largest absolute Gasteiger partial charge is 0.387 e. The molecule has 1 fully saturated rings. The Kier molecular flexibility index (Phi) is 4.56. The second-order valence-corrected chi connectivity index (χ2v) is 4.90. The third-order valence-electron chi connectivity index (χ3n) is 3.56. The molecule has 1 heterocycles. The van der Waals surface area contributed by atoms with Crippen LogP contribution in [0.5, 0.6) is 0 Å². The molecule has 1 aromatic heterocycles. The molecule has 1 amide bonds. The minimum Gasteiger partial charge on any atom is -0.387 e. The van der Waals surface area contributed by atoms with E-state index in [1.54, 1.807) is 12.3 Å². The summed E-state index contributed by atoms with van der Waals surface area (Å²) in [6.07, 6.45) is 8.11. The van der Waals surface area contributed by atoms with Crippen LogP contribution in [0.1, 0.15) is 42.6 Å². The van der Waals surface area contributed by atoms with Crippen LogP contribution >= 0.6 is 0 Å². The lowest BCUT2D eigenvalue weighted by Gasteiger charge is -2.21. The van der Waals surface area contributed by atoms with E-state index < -0.39 is 0 Å². The number of nitrogens with zero attached hydrogens (tertiary/aromatic N) is 1. The highest BCUT2D eigenvalue weighted by molar-refractivity contribution is 5.92. The third kappa shape index (κ3) is 3.45. The Bertz CT molecular complexity index is 383. The molecule has 1 aliphatic carbocycles. The monoisotopic (exact) mass is 247 g/mol. The first kappa shape index (κ1) is 12.9. The van der Waals surface area contributed by atoms with Crippen LogP contribution in [-0.2, 0) is 0 Å². The van der Waals surface area contributed by atoms with Gasteiger partial charge in [-0.1, -0.05) is 19.3 Å². The second-order valence-electron chi connectivity index (χ2n) is 4.90. The Morgan fingerprint density at radius 1 is 1.33 bits per heavy atom. The first-order chi connectivity index (χ1) is 8.79. The molecule has 0 aromatic carbocycles. The van der Waals surface area contributed by atoms with E-state index in [2.05, 4.69) is 15.6 Å². The maximum Gasteiger partial charge on any atom is 0.269 e. The van der Waals surface area contributed by atoms with Gasteiger partial charge in [0, 0.05) is 13.6 Å². The van der Waals surface area contributed by atoms with Crippen LogP contribution in [0.15, 0.2) is 18.3 Å². The van der Waals surface area contributed by atoms with E-state index in [1.807, 2.05) is 13.1 Å². The summed E-state index contributed by atoms with van der Waals surface area (Å²) in [6, 6.07) is 3.62. The molecule has 0 aliphatic heterocycles. The van der Waals surface area contributed by atoms with Crippen molar-refractivity contribution in [1.29, 1.82) is 0 Å². The number of anilines is 1. The SMILES string of the molecule is CNc1ccc(C(=O)NCC2CCCCC2)nc1. The van der Waals surface area contributed by atoms with Gasteiger partial charge in [-0.25, -0.2) is 4.98 Å². The van der Waals surface area contributed by atoms with Crippen LogP contribution < -0.4 is 10.6 Å². The lowest BCUT2D eigenvalue weighted by molar-refractivity contribution is 0.0938. The van der Waals surface area contributed by atoms with Crippen LogP contribution in [0.2, 0.25) is 0 Å². The number of rotatable bonds is 4. The maximum absolute atomic E-state index is 11.9. The average molecular weight is 247 g/mol. The van der Waals surface area contributed by atoms with E-state index in [0.29, 0.717) is 11.6 Å². The van der Waals surface area contributed by atoms with E-state index in [0.717, 1.165) is 12.2 Å². The normalized spacial score (nSPS) is 16.3. The van der Waals surface area contributed by atoms with Gasteiger partial charge >= 0.3 is 0 Å². The number of carbonyl (C=O) groups is 1. The molecule has 1 saturated carbocycles. The van der Waals surface area contributed by atoms with E-state index in [9.17, 15) is 4.79 Å². The summed E-state index contributed by atoms with van der Waals surface area (Å²) < 4.78 is 0. The number of hydrogen-bond acceptors (Lipinski definition) is 3. The molecule has 0 bridgehead atoms. The quantitative estimate of drug-likeness (QED) is 0.859. The lowest BCUT2D eigenvalue weighted by Crippen LogP contribution is -2.30. The number of amides is 1. The summed E-state index contributed by atoms with van der Waals surface area (Å²) in [7, 11) is 1.83. The molecule has 1 aliphatic rings. The second kappa shape index (κ2) is 6.38. The smallest absolute Gasteiger partial charge is 0.269 e. The van der Waals surface area contributed by atoms with Gasteiger partial charge in [-0.15, -0.1) is 0 Å². The van der Waals surface area contributed by atoms with Gasteiger partial charge in [-0.3, -0.25) is 4.79 Å². The van der Waals surface area contributed by atoms with Gasteiger partial charge in [0.2, 0.25) is 0 Å². The molecule has 0 radical (unpaired) electrons. The fourth-order valence-electron chi connectivity index (χ4n) is 2.39. The lowest BCUT2D eigenvalue weighted by atomic mass is 9.89. The first-order valence-corrected chi connectivity index (χ1v) is 6.71. The zero-order valence-electron chi connectivity index (χ0n) is 10.9. The van der Waals surface area contributed by atoms with E-state index in [-0.39, 0.29) is 5.91 Å². The summed E-state index contributed by atoms with van der Waals surface area (Å²) >= 11 is 0. The van der Waals surface area contributed by atoms with Crippen molar-refractivity contribution in [1.82, 2.24) is 10.3 Å². The van der Waals surface area contributed by atoms with Gasteiger partial charge < -0.3 is 10.6 Å². The van der Waals surface area contributed by atoms with Gasteiger partial charge in [-0.05, 0) is 30.9 Å². The molecule has 98 valence electrons. The topological polar surface area (TPSA) is 54.0 Å². The fraction of sp³-hybridized carbons (Fsp3) is 0.571. The number of nitrogens with one attached hydrogen (secondary N) is 2. The van der Waals surface area contributed by atoms with Crippen LogP contribution in [0.25, 0.3) is 0 Å². The number of pyridine rings is 1. The van der Waals surface area contributed by atoms with Crippen molar-refractivity contribution in [3.05, 3.63) is 24.0 Å². The summed E-state index contributed by atoms with van der Waals surface area (Å²) in [5.41, 5.74) is 1.41. The Hall–Kier alpha value is -1.58. The zero-order valence-corrected chi connectivity index (χ0v) is 10.9. The Balaban J connectivity index is 1.82. The first-order valence-electron chi connectivity index (χ1n) is 6.71. The molecular weight excluding hydrogens is 226 g/mol. The van der Waals surface area contributed by atoms with Gasteiger partial charge in [0.05, 0.1) is 11.9 Å². The highest BCUT2D eigenvalue weighted by Crippen LogP contribution is 2.22. The molecule has 0 atom stereocenters. The van der Waals surface area contributed by atoms with E-state index >= 15 is 0 Å². The van der Waals surface area contributed by atoms with Crippen molar-refractivity contribution in [2.24, 2.45) is 5.92 Å². The molecule has 4 nitrogen and oxygen atoms in total. The molecule has 4 heteroatoms. The van der Waals surface area contributed by atoms with Crippen LogP contribution in [0.3, 0.4) is 0 Å². The van der Waals surface area contributed by atoms with Crippen molar-refractivity contribution in [2.45, 2.75) is 32.1 Å². The minimum absolute atomic E-state index is 0.0665. The number of hydrogen-bond donors (Lipinski definition) is 2. The van der Waals surface area contributed by atoms with Crippen LogP contribution in [0, 0.1) is 5.92 Å². The molecule has 0 spiro atoms. The van der Waals surface area contributed by atoms with Gasteiger partial charge in [0.25, 0.3) is 5.91 Å². The predicted octanol–water partition coefficient (Wildman–Crippen LogP) is 2.43. The average Bonchev–Trinajstić information content (AvgIpc) is 2.46. The van der Waals surface area contributed by atoms with Crippen molar-refractivity contribution < 1.29 is 4.79 Å². The number of aromatic nitrogens is 1. The number of carbonyl (C=O) groups excluding carboxylic acids is 1.